The molecule has 1 amide bonds. The summed E-state index contributed by atoms with van der Waals surface area (Å²) in [6.07, 6.45) is 0.986. The lowest BCUT2D eigenvalue weighted by atomic mass is 10.2. The number of hydrogen-bond donors (Lipinski definition) is 0. The van der Waals surface area contributed by atoms with Crippen molar-refractivity contribution in [3.05, 3.63) is 0 Å². The second kappa shape index (κ2) is 6.83. The van der Waals surface area contributed by atoms with Gasteiger partial charge in [-0.3, -0.25) is 9.69 Å². The number of likely N-dealkylation sites (tertiary alicyclic amines) is 1. The predicted molar refractivity (Wildman–Crippen MR) is 64.9 cm³/mol. The van der Waals surface area contributed by atoms with Gasteiger partial charge in [-0.2, -0.15) is 0 Å². The van der Waals surface area contributed by atoms with Crippen LogP contribution in [0.5, 0.6) is 0 Å². The third-order valence-electron chi connectivity index (χ3n) is 2.27. The molecule has 1 rings (SSSR count). The van der Waals surface area contributed by atoms with E-state index in [4.69, 9.17) is 0 Å². The van der Waals surface area contributed by atoms with Crippen molar-refractivity contribution >= 4 is 5.91 Å². The number of nitrogens with zero attached hydrogens (tertiary/aromatic N) is 2. The highest BCUT2D eigenvalue weighted by molar-refractivity contribution is 5.83. The summed E-state index contributed by atoms with van der Waals surface area (Å²) in [5.41, 5.74) is 0. The van der Waals surface area contributed by atoms with Gasteiger partial charge in [0.25, 0.3) is 0 Å². The Hall–Kier alpha value is -0.570. The summed E-state index contributed by atoms with van der Waals surface area (Å²) in [5, 5.41) is 0. The minimum atomic E-state index is 0.134. The lowest BCUT2D eigenvalue weighted by molar-refractivity contribution is -0.131. The van der Waals surface area contributed by atoms with Gasteiger partial charge >= 0.3 is 0 Å². The van der Waals surface area contributed by atoms with Gasteiger partial charge in [-0.1, -0.05) is 20.8 Å². The van der Waals surface area contributed by atoms with E-state index in [1.165, 1.54) is 0 Å². The lowest BCUT2D eigenvalue weighted by Crippen LogP contribution is -2.37. The van der Waals surface area contributed by atoms with Crippen LogP contribution in [-0.4, -0.2) is 48.9 Å². The zero-order valence-electron chi connectivity index (χ0n) is 11.1. The van der Waals surface area contributed by atoms with Crippen molar-refractivity contribution in [3.63, 3.8) is 0 Å². The summed E-state index contributed by atoms with van der Waals surface area (Å²) in [7, 11) is 3.92. The summed E-state index contributed by atoms with van der Waals surface area (Å²) in [6, 6.07) is 0.134. The highest BCUT2D eigenvalue weighted by atomic mass is 16.2. The standard InChI is InChI=1S/C8H16N2O.C4H10/c1-4-10-6-5-7(8(10)11)9(2)3;1-4(2)3/h7H,4-6H2,1-3H3;4H,1-3H3. The highest BCUT2D eigenvalue weighted by Crippen LogP contribution is 2.13. The van der Waals surface area contributed by atoms with Crippen molar-refractivity contribution in [2.75, 3.05) is 27.2 Å². The fraction of sp³-hybridized carbons (Fsp3) is 0.917. The molecule has 0 bridgehead atoms. The minimum absolute atomic E-state index is 0.134. The van der Waals surface area contributed by atoms with Crippen LogP contribution in [0.25, 0.3) is 0 Å². The molecule has 0 radical (unpaired) electrons. The Morgan fingerprint density at radius 2 is 1.87 bits per heavy atom. The molecule has 1 atom stereocenters. The van der Waals surface area contributed by atoms with Crippen LogP contribution < -0.4 is 0 Å². The number of amides is 1. The van der Waals surface area contributed by atoms with Crippen LogP contribution >= 0.6 is 0 Å². The Balaban J connectivity index is 0.000000423. The van der Waals surface area contributed by atoms with Gasteiger partial charge in [0.15, 0.2) is 0 Å². The van der Waals surface area contributed by atoms with Gasteiger partial charge in [0, 0.05) is 13.1 Å². The third-order valence-corrected chi connectivity index (χ3v) is 2.27. The smallest absolute Gasteiger partial charge is 0.239 e. The normalized spacial score (nSPS) is 20.9. The van der Waals surface area contributed by atoms with Gasteiger partial charge in [0.1, 0.15) is 0 Å². The predicted octanol–water partition coefficient (Wildman–Crippen LogP) is 1.83. The van der Waals surface area contributed by atoms with Gasteiger partial charge in [-0.05, 0) is 33.4 Å². The van der Waals surface area contributed by atoms with Crippen LogP contribution in [0.3, 0.4) is 0 Å². The molecule has 0 aromatic carbocycles. The molecule has 0 aromatic rings. The van der Waals surface area contributed by atoms with Crippen molar-refractivity contribution in [3.8, 4) is 0 Å². The Morgan fingerprint density at radius 1 is 1.40 bits per heavy atom. The molecule has 1 unspecified atom stereocenters. The van der Waals surface area contributed by atoms with Crippen molar-refractivity contribution in [2.24, 2.45) is 5.92 Å². The molecule has 0 spiro atoms. The molecule has 0 aliphatic carbocycles. The van der Waals surface area contributed by atoms with E-state index >= 15 is 0 Å². The largest absolute Gasteiger partial charge is 0.342 e. The van der Waals surface area contributed by atoms with Crippen LogP contribution in [0.1, 0.15) is 34.1 Å². The Labute approximate surface area is 94.4 Å². The lowest BCUT2D eigenvalue weighted by Gasteiger charge is -2.18. The monoisotopic (exact) mass is 214 g/mol. The zero-order valence-corrected chi connectivity index (χ0v) is 11.1. The molecule has 1 heterocycles. The molecule has 15 heavy (non-hydrogen) atoms. The van der Waals surface area contributed by atoms with Gasteiger partial charge in [0.05, 0.1) is 6.04 Å². The highest BCUT2D eigenvalue weighted by Gasteiger charge is 2.31. The number of hydrogen-bond acceptors (Lipinski definition) is 2. The average Bonchev–Trinajstić information content (AvgIpc) is 2.45. The van der Waals surface area contributed by atoms with Gasteiger partial charge in [0.2, 0.25) is 5.91 Å². The van der Waals surface area contributed by atoms with E-state index < -0.39 is 0 Å². The van der Waals surface area contributed by atoms with Crippen LogP contribution in [0.4, 0.5) is 0 Å². The van der Waals surface area contributed by atoms with Crippen LogP contribution in [0, 0.1) is 5.92 Å². The van der Waals surface area contributed by atoms with E-state index in [2.05, 4.69) is 20.8 Å². The molecule has 3 heteroatoms. The van der Waals surface area contributed by atoms with E-state index in [0.29, 0.717) is 0 Å². The Kier molecular flexibility index (Phi) is 6.57. The maximum absolute atomic E-state index is 11.5. The first-order chi connectivity index (χ1) is 6.90. The van der Waals surface area contributed by atoms with Crippen molar-refractivity contribution in [1.29, 1.82) is 0 Å². The van der Waals surface area contributed by atoms with E-state index in [1.807, 2.05) is 30.8 Å². The minimum Gasteiger partial charge on any atom is -0.342 e. The van der Waals surface area contributed by atoms with Gasteiger partial charge < -0.3 is 4.90 Å². The summed E-state index contributed by atoms with van der Waals surface area (Å²) >= 11 is 0. The maximum atomic E-state index is 11.5. The molecule has 1 aliphatic heterocycles. The fourth-order valence-corrected chi connectivity index (χ4v) is 1.52. The van der Waals surface area contributed by atoms with Gasteiger partial charge in [-0.15, -0.1) is 0 Å². The summed E-state index contributed by atoms with van der Waals surface area (Å²) in [5.74, 6) is 1.12. The summed E-state index contributed by atoms with van der Waals surface area (Å²) in [4.78, 5) is 15.4. The van der Waals surface area contributed by atoms with Crippen LogP contribution in [0.15, 0.2) is 0 Å². The van der Waals surface area contributed by atoms with E-state index in [0.717, 1.165) is 25.4 Å². The molecule has 1 fully saturated rings. The molecule has 0 saturated carbocycles. The fourth-order valence-electron chi connectivity index (χ4n) is 1.52. The number of carbonyl (C=O) groups is 1. The topological polar surface area (TPSA) is 23.6 Å². The third kappa shape index (κ3) is 5.17. The Bertz CT molecular complexity index is 187. The summed E-state index contributed by atoms with van der Waals surface area (Å²) in [6.45, 7) is 10.3. The molecular weight excluding hydrogens is 188 g/mol. The van der Waals surface area contributed by atoms with Crippen LogP contribution in [0.2, 0.25) is 0 Å². The summed E-state index contributed by atoms with van der Waals surface area (Å²) < 4.78 is 0. The molecule has 3 nitrogen and oxygen atoms in total. The van der Waals surface area contributed by atoms with Crippen LogP contribution in [-0.2, 0) is 4.79 Å². The Morgan fingerprint density at radius 3 is 2.07 bits per heavy atom. The van der Waals surface area contributed by atoms with E-state index in [1.54, 1.807) is 0 Å². The first-order valence-electron chi connectivity index (χ1n) is 5.85. The molecule has 90 valence electrons. The average molecular weight is 214 g/mol. The van der Waals surface area contributed by atoms with Crippen molar-refractivity contribution in [2.45, 2.75) is 40.2 Å². The quantitative estimate of drug-likeness (QED) is 0.700. The first kappa shape index (κ1) is 14.4. The zero-order chi connectivity index (χ0) is 12.0. The van der Waals surface area contributed by atoms with Gasteiger partial charge in [-0.25, -0.2) is 0 Å². The first-order valence-corrected chi connectivity index (χ1v) is 5.85. The van der Waals surface area contributed by atoms with Crippen molar-refractivity contribution in [1.82, 2.24) is 9.80 Å². The molecule has 0 aromatic heterocycles. The number of rotatable bonds is 2. The number of carbonyl (C=O) groups excluding carboxylic acids is 1. The number of likely N-dealkylation sites (N-methyl/N-ethyl adjacent to an activating group) is 2. The van der Waals surface area contributed by atoms with Crippen molar-refractivity contribution < 1.29 is 4.79 Å². The SMILES string of the molecule is CC(C)C.CCN1CCC(N(C)C)C1=O. The molecule has 1 saturated heterocycles. The van der Waals surface area contributed by atoms with E-state index in [-0.39, 0.29) is 11.9 Å². The molecular formula is C12H26N2O. The second-order valence-electron chi connectivity index (χ2n) is 4.92. The second-order valence-corrected chi connectivity index (χ2v) is 4.92. The molecule has 0 N–H and O–H groups in total. The van der Waals surface area contributed by atoms with E-state index in [9.17, 15) is 4.79 Å². The molecule has 1 aliphatic rings. The maximum Gasteiger partial charge on any atom is 0.239 e.